The van der Waals surface area contributed by atoms with Gasteiger partial charge in [0.15, 0.2) is 0 Å². The summed E-state index contributed by atoms with van der Waals surface area (Å²) in [5.74, 6) is 0.785. The van der Waals surface area contributed by atoms with Crippen LogP contribution in [0.25, 0.3) is 0 Å². The molecule has 1 aromatic carbocycles. The third-order valence-corrected chi connectivity index (χ3v) is 3.87. The third kappa shape index (κ3) is 1.94. The molecule has 17 heavy (non-hydrogen) atoms. The molecule has 0 spiro atoms. The van der Waals surface area contributed by atoms with E-state index >= 15 is 0 Å². The monoisotopic (exact) mass is 247 g/mol. The Balaban J connectivity index is 1.96. The number of hydrogen-bond donors (Lipinski definition) is 1. The van der Waals surface area contributed by atoms with Gasteiger partial charge in [-0.1, -0.05) is 11.6 Å². The zero-order chi connectivity index (χ0) is 11.8. The molecule has 0 saturated carbocycles. The Labute approximate surface area is 104 Å². The second-order valence-electron chi connectivity index (χ2n) is 4.30. The van der Waals surface area contributed by atoms with Crippen molar-refractivity contribution in [1.29, 1.82) is 0 Å². The van der Waals surface area contributed by atoms with Crippen molar-refractivity contribution in [2.75, 3.05) is 0 Å². The first-order valence-corrected chi connectivity index (χ1v) is 6.45. The number of ether oxygens (including phenoxy) is 1. The molecule has 0 amide bonds. The van der Waals surface area contributed by atoms with Crippen LogP contribution in [-0.2, 0) is 0 Å². The Hall–Kier alpha value is -1.39. The molecule has 1 aliphatic rings. The number of aliphatic hydroxyl groups excluding tert-OH is 1. The van der Waals surface area contributed by atoms with Crippen LogP contribution in [0.15, 0.2) is 29.9 Å². The van der Waals surface area contributed by atoms with Crippen LogP contribution in [0.3, 0.4) is 0 Å². The summed E-state index contributed by atoms with van der Waals surface area (Å²) in [4.78, 5) is 5.11. The number of hydrogen-bond acceptors (Lipinski definition) is 4. The Kier molecular flexibility index (Phi) is 2.61. The lowest BCUT2D eigenvalue weighted by atomic mass is 9.97. The first-order chi connectivity index (χ1) is 8.24. The molecule has 0 radical (unpaired) electrons. The minimum Gasteiger partial charge on any atom is -0.484 e. The van der Waals surface area contributed by atoms with E-state index < -0.39 is 6.10 Å². The number of fused-ring (bicyclic) bond motifs is 1. The number of aryl methyl sites for hydroxylation is 1. The van der Waals surface area contributed by atoms with E-state index in [0.717, 1.165) is 21.8 Å². The van der Waals surface area contributed by atoms with Crippen molar-refractivity contribution in [2.24, 2.45) is 0 Å². The van der Waals surface area contributed by atoms with Gasteiger partial charge in [0, 0.05) is 18.2 Å². The number of aliphatic hydroxyl groups is 1. The van der Waals surface area contributed by atoms with Crippen molar-refractivity contribution in [3.63, 3.8) is 0 Å². The number of aromatic nitrogens is 1. The lowest BCUT2D eigenvalue weighted by Crippen LogP contribution is -2.18. The topological polar surface area (TPSA) is 42.4 Å². The summed E-state index contributed by atoms with van der Waals surface area (Å²) in [6, 6.07) is 5.92. The maximum atomic E-state index is 10.2. The predicted molar refractivity (Wildman–Crippen MR) is 66.2 cm³/mol. The molecule has 1 aliphatic heterocycles. The van der Waals surface area contributed by atoms with Crippen molar-refractivity contribution in [2.45, 2.75) is 25.6 Å². The van der Waals surface area contributed by atoms with Gasteiger partial charge in [0.2, 0.25) is 0 Å². The van der Waals surface area contributed by atoms with Crippen molar-refractivity contribution < 1.29 is 9.84 Å². The van der Waals surface area contributed by atoms with Gasteiger partial charge in [-0.2, -0.15) is 0 Å². The molecule has 3 nitrogen and oxygen atoms in total. The molecule has 2 unspecified atom stereocenters. The van der Waals surface area contributed by atoms with Crippen LogP contribution in [0.1, 0.15) is 34.6 Å². The molecule has 1 aromatic heterocycles. The smallest absolute Gasteiger partial charge is 0.137 e. The highest BCUT2D eigenvalue weighted by Crippen LogP contribution is 2.41. The highest BCUT2D eigenvalue weighted by molar-refractivity contribution is 7.09. The number of nitrogens with zero attached hydrogens (tertiary/aromatic N) is 1. The molecule has 1 N–H and O–H groups in total. The summed E-state index contributed by atoms with van der Waals surface area (Å²) in [6.45, 7) is 2.02. The van der Waals surface area contributed by atoms with Crippen molar-refractivity contribution in [1.82, 2.24) is 4.98 Å². The van der Waals surface area contributed by atoms with Gasteiger partial charge in [0.1, 0.15) is 11.9 Å². The van der Waals surface area contributed by atoms with E-state index in [1.165, 1.54) is 0 Å². The van der Waals surface area contributed by atoms with Gasteiger partial charge < -0.3 is 9.84 Å². The van der Waals surface area contributed by atoms with E-state index in [0.29, 0.717) is 6.42 Å². The number of benzene rings is 1. The highest BCUT2D eigenvalue weighted by Gasteiger charge is 2.28. The van der Waals surface area contributed by atoms with Crippen LogP contribution in [0.5, 0.6) is 5.75 Å². The summed E-state index contributed by atoms with van der Waals surface area (Å²) in [6.07, 6.45) is 1.87. The summed E-state index contributed by atoms with van der Waals surface area (Å²) in [7, 11) is 0. The largest absolute Gasteiger partial charge is 0.484 e. The zero-order valence-electron chi connectivity index (χ0n) is 9.46. The van der Waals surface area contributed by atoms with E-state index in [1.807, 2.05) is 25.1 Å². The molecule has 3 rings (SSSR count). The van der Waals surface area contributed by atoms with Crippen molar-refractivity contribution in [3.8, 4) is 5.75 Å². The van der Waals surface area contributed by atoms with Gasteiger partial charge in [-0.05, 0) is 19.1 Å². The summed E-state index contributed by atoms with van der Waals surface area (Å²) < 4.78 is 5.91. The van der Waals surface area contributed by atoms with Gasteiger partial charge in [0.05, 0.1) is 16.5 Å². The van der Waals surface area contributed by atoms with E-state index in [2.05, 4.69) is 4.98 Å². The van der Waals surface area contributed by atoms with Crippen molar-refractivity contribution in [3.05, 3.63) is 45.9 Å². The van der Waals surface area contributed by atoms with Gasteiger partial charge in [0.25, 0.3) is 0 Å². The minimum absolute atomic E-state index is 0.0762. The maximum absolute atomic E-state index is 10.2. The highest BCUT2D eigenvalue weighted by atomic mass is 32.1. The first kappa shape index (κ1) is 10.7. The van der Waals surface area contributed by atoms with Crippen LogP contribution in [0.2, 0.25) is 0 Å². The molecule has 88 valence electrons. The molecule has 2 heterocycles. The summed E-state index contributed by atoms with van der Waals surface area (Å²) in [5.41, 5.74) is 3.82. The van der Waals surface area contributed by atoms with Crippen LogP contribution in [0.4, 0.5) is 0 Å². The normalized spacial score (nSPS) is 22.9. The standard InChI is InChI=1S/C13H13NO2S/c1-8-2-3-11-9(4-8)10(15)5-12(16-11)13-6-14-7-17-13/h2-4,6-7,10,12,15H,5H2,1H3. The molecule has 0 saturated heterocycles. The maximum Gasteiger partial charge on any atom is 0.137 e. The number of rotatable bonds is 1. The van der Waals surface area contributed by atoms with E-state index in [-0.39, 0.29) is 6.10 Å². The Morgan fingerprint density at radius 3 is 3.12 bits per heavy atom. The average Bonchev–Trinajstić information content (AvgIpc) is 2.83. The van der Waals surface area contributed by atoms with Crippen LogP contribution < -0.4 is 4.74 Å². The van der Waals surface area contributed by atoms with Crippen LogP contribution in [0, 0.1) is 6.92 Å². The second kappa shape index (κ2) is 4.13. The van der Waals surface area contributed by atoms with Crippen LogP contribution >= 0.6 is 11.3 Å². The average molecular weight is 247 g/mol. The molecular weight excluding hydrogens is 234 g/mol. The van der Waals surface area contributed by atoms with Gasteiger partial charge in [-0.3, -0.25) is 4.98 Å². The Morgan fingerprint density at radius 1 is 1.47 bits per heavy atom. The fraction of sp³-hybridized carbons (Fsp3) is 0.308. The Morgan fingerprint density at radius 2 is 2.35 bits per heavy atom. The molecule has 0 aliphatic carbocycles. The van der Waals surface area contributed by atoms with Crippen molar-refractivity contribution >= 4 is 11.3 Å². The second-order valence-corrected chi connectivity index (χ2v) is 5.22. The molecular formula is C13H13NO2S. The summed E-state index contributed by atoms with van der Waals surface area (Å²) >= 11 is 1.56. The zero-order valence-corrected chi connectivity index (χ0v) is 10.3. The van der Waals surface area contributed by atoms with E-state index in [9.17, 15) is 5.11 Å². The molecule has 0 bridgehead atoms. The minimum atomic E-state index is -0.453. The third-order valence-electron chi connectivity index (χ3n) is 3.00. The van der Waals surface area contributed by atoms with Crippen LogP contribution in [-0.4, -0.2) is 10.1 Å². The summed E-state index contributed by atoms with van der Waals surface area (Å²) in [5, 5.41) is 10.2. The van der Waals surface area contributed by atoms with Gasteiger partial charge in [-0.25, -0.2) is 0 Å². The molecule has 4 heteroatoms. The lowest BCUT2D eigenvalue weighted by molar-refractivity contribution is 0.0673. The molecule has 0 fully saturated rings. The van der Waals surface area contributed by atoms with Gasteiger partial charge >= 0.3 is 0 Å². The fourth-order valence-electron chi connectivity index (χ4n) is 2.13. The Bertz CT molecular complexity index is 524. The first-order valence-electron chi connectivity index (χ1n) is 5.57. The van der Waals surface area contributed by atoms with Gasteiger partial charge in [-0.15, -0.1) is 11.3 Å². The van der Waals surface area contributed by atoms with E-state index in [4.69, 9.17) is 4.74 Å². The quantitative estimate of drug-likeness (QED) is 0.842. The predicted octanol–water partition coefficient (Wildman–Crippen LogP) is 3.01. The lowest BCUT2D eigenvalue weighted by Gasteiger charge is -2.29. The number of thiazole rings is 1. The molecule has 2 aromatic rings. The molecule has 2 atom stereocenters. The SMILES string of the molecule is Cc1ccc2c(c1)C(O)CC(c1cncs1)O2. The fourth-order valence-corrected chi connectivity index (χ4v) is 2.79. The van der Waals surface area contributed by atoms with E-state index in [1.54, 1.807) is 23.0 Å².